The molecule has 43 heavy (non-hydrogen) atoms. The van der Waals surface area contributed by atoms with Crippen LogP contribution in [0.2, 0.25) is 0 Å². The van der Waals surface area contributed by atoms with Gasteiger partial charge in [0.05, 0.1) is 36.2 Å². The first-order valence-electron chi connectivity index (χ1n) is 13.8. The van der Waals surface area contributed by atoms with Crippen LogP contribution in [0.3, 0.4) is 0 Å². The Morgan fingerprint density at radius 2 is 1.77 bits per heavy atom. The van der Waals surface area contributed by atoms with Crippen molar-refractivity contribution >= 4 is 56.1 Å². The van der Waals surface area contributed by atoms with Crippen LogP contribution in [0.25, 0.3) is 11.3 Å². The number of nitrogens with zero attached hydrogens (tertiary/aromatic N) is 3. The standard InChI is InChI=1S/C33H28BrN3O5S/c1-5-42-32(40)26-27(19-11-7-6-8-12-19)35-33-37(28(26)22-17-20(34)15-16-24(22)41-4)31(39)29(43-33)25-21-13-9-10-14-23(21)36(18(2)3)30(25)38/h6-18,28H,5H2,1-4H3/b29-25-/t28-/m0/s1. The van der Waals surface area contributed by atoms with E-state index in [0.29, 0.717) is 38.5 Å². The zero-order valence-corrected chi connectivity index (χ0v) is 26.4. The van der Waals surface area contributed by atoms with Crippen LogP contribution >= 0.6 is 27.3 Å². The Morgan fingerprint density at radius 3 is 2.47 bits per heavy atom. The van der Waals surface area contributed by atoms with Crippen molar-refractivity contribution in [2.24, 2.45) is 4.99 Å². The number of para-hydroxylation sites is 1. The van der Waals surface area contributed by atoms with Gasteiger partial charge in [-0.25, -0.2) is 9.79 Å². The molecule has 8 nitrogen and oxygen atoms in total. The van der Waals surface area contributed by atoms with Gasteiger partial charge < -0.3 is 14.4 Å². The minimum atomic E-state index is -0.944. The first-order chi connectivity index (χ1) is 20.8. The number of rotatable bonds is 6. The summed E-state index contributed by atoms with van der Waals surface area (Å²) in [7, 11) is 1.54. The second kappa shape index (κ2) is 11.4. The number of methoxy groups -OCH3 is 1. The number of aromatic nitrogens is 1. The predicted octanol–water partition coefficient (Wildman–Crippen LogP) is 4.83. The summed E-state index contributed by atoms with van der Waals surface area (Å²) in [6.45, 7) is 5.75. The topological polar surface area (TPSA) is 90.2 Å². The summed E-state index contributed by atoms with van der Waals surface area (Å²) in [5.74, 6) is -0.356. The lowest BCUT2D eigenvalue weighted by Crippen LogP contribution is -2.41. The first kappa shape index (κ1) is 28.8. The molecule has 0 bridgehead atoms. The van der Waals surface area contributed by atoms with Crippen molar-refractivity contribution in [1.82, 2.24) is 4.57 Å². The minimum Gasteiger partial charge on any atom is -0.496 e. The van der Waals surface area contributed by atoms with Crippen molar-refractivity contribution in [2.45, 2.75) is 32.9 Å². The van der Waals surface area contributed by atoms with Crippen LogP contribution in [-0.4, -0.2) is 36.2 Å². The molecule has 6 rings (SSSR count). The van der Waals surface area contributed by atoms with E-state index in [2.05, 4.69) is 15.9 Å². The van der Waals surface area contributed by atoms with Gasteiger partial charge >= 0.3 is 5.97 Å². The van der Waals surface area contributed by atoms with Gasteiger partial charge in [0, 0.05) is 27.2 Å². The molecular weight excluding hydrogens is 630 g/mol. The highest BCUT2D eigenvalue weighted by Crippen LogP contribution is 2.40. The number of anilines is 1. The maximum atomic E-state index is 14.6. The largest absolute Gasteiger partial charge is 0.496 e. The fraction of sp³-hybridized carbons (Fsp3) is 0.212. The van der Waals surface area contributed by atoms with Gasteiger partial charge in [-0.05, 0) is 45.0 Å². The summed E-state index contributed by atoms with van der Waals surface area (Å²) < 4.78 is 13.8. The molecule has 1 aromatic heterocycles. The Morgan fingerprint density at radius 1 is 1.05 bits per heavy atom. The smallest absolute Gasteiger partial charge is 0.338 e. The normalized spacial score (nSPS) is 17.1. The molecular formula is C33H28BrN3O5S. The molecule has 10 heteroatoms. The van der Waals surface area contributed by atoms with Gasteiger partial charge in [-0.3, -0.25) is 14.2 Å². The van der Waals surface area contributed by atoms with E-state index in [1.165, 1.54) is 4.57 Å². The van der Waals surface area contributed by atoms with Gasteiger partial charge in [0.1, 0.15) is 16.3 Å². The molecule has 3 heterocycles. The predicted molar refractivity (Wildman–Crippen MR) is 170 cm³/mol. The molecule has 0 saturated heterocycles. The Labute approximate surface area is 260 Å². The number of amides is 1. The fourth-order valence-corrected chi connectivity index (χ4v) is 7.15. The Hall–Kier alpha value is -4.28. The third-order valence-electron chi connectivity index (χ3n) is 7.44. The van der Waals surface area contributed by atoms with Crippen molar-refractivity contribution in [1.29, 1.82) is 0 Å². The maximum Gasteiger partial charge on any atom is 0.338 e. The highest BCUT2D eigenvalue weighted by Gasteiger charge is 2.39. The number of carbonyl (C=O) groups is 2. The number of esters is 1. The lowest BCUT2D eigenvalue weighted by Gasteiger charge is -2.27. The van der Waals surface area contributed by atoms with E-state index in [-0.39, 0.29) is 28.7 Å². The third kappa shape index (κ3) is 4.74. The summed E-state index contributed by atoms with van der Waals surface area (Å²) >= 11 is 4.70. The molecule has 218 valence electrons. The number of halogens is 1. The van der Waals surface area contributed by atoms with Crippen molar-refractivity contribution in [3.8, 4) is 5.75 Å². The number of fused-ring (bicyclic) bond motifs is 2. The molecule has 0 radical (unpaired) electrons. The third-order valence-corrected chi connectivity index (χ3v) is 8.99. The summed E-state index contributed by atoms with van der Waals surface area (Å²) in [4.78, 5) is 49.3. The molecule has 0 N–H and O–H groups in total. The molecule has 1 amide bonds. The van der Waals surface area contributed by atoms with Gasteiger partial charge in [-0.15, -0.1) is 0 Å². The van der Waals surface area contributed by atoms with Crippen molar-refractivity contribution in [3.05, 3.63) is 119 Å². The molecule has 1 atom stereocenters. The van der Waals surface area contributed by atoms with Gasteiger partial charge in [0.25, 0.3) is 11.5 Å². The van der Waals surface area contributed by atoms with Crippen molar-refractivity contribution in [2.75, 3.05) is 18.6 Å². The van der Waals surface area contributed by atoms with Crippen LogP contribution in [0.4, 0.5) is 5.69 Å². The van der Waals surface area contributed by atoms with E-state index in [1.54, 1.807) is 25.0 Å². The Balaban J connectivity index is 1.75. The van der Waals surface area contributed by atoms with Gasteiger partial charge in [-0.2, -0.15) is 0 Å². The summed E-state index contributed by atoms with van der Waals surface area (Å²) in [5, 5.41) is 0. The molecule has 0 fully saturated rings. The zero-order valence-electron chi connectivity index (χ0n) is 24.0. The summed E-state index contributed by atoms with van der Waals surface area (Å²) in [5.41, 5.74) is 3.22. The minimum absolute atomic E-state index is 0.117. The number of benzene rings is 3. The van der Waals surface area contributed by atoms with E-state index in [4.69, 9.17) is 14.5 Å². The summed E-state index contributed by atoms with van der Waals surface area (Å²) in [6.07, 6.45) is 0. The van der Waals surface area contributed by atoms with E-state index in [0.717, 1.165) is 21.5 Å². The van der Waals surface area contributed by atoms with Crippen LogP contribution < -0.4 is 24.5 Å². The molecule has 0 spiro atoms. The lowest BCUT2D eigenvalue weighted by atomic mass is 9.92. The maximum absolute atomic E-state index is 14.6. The molecule has 3 aromatic carbocycles. The van der Waals surface area contributed by atoms with E-state index >= 15 is 0 Å². The monoisotopic (exact) mass is 657 g/mol. The fourth-order valence-electron chi connectivity index (χ4n) is 5.68. The Kier molecular flexibility index (Phi) is 7.66. The number of carbonyl (C=O) groups excluding carboxylic acids is 2. The molecule has 4 aromatic rings. The van der Waals surface area contributed by atoms with Crippen LogP contribution in [0.15, 0.2) is 92.6 Å². The number of hydrogen-bond acceptors (Lipinski definition) is 7. The van der Waals surface area contributed by atoms with Crippen LogP contribution in [0.1, 0.15) is 43.5 Å². The molecule has 0 unspecified atom stereocenters. The number of hydrogen-bond donors (Lipinski definition) is 0. The molecule has 0 saturated carbocycles. The quantitative estimate of drug-likeness (QED) is 0.277. The second-order valence-electron chi connectivity index (χ2n) is 10.3. The first-order valence-corrected chi connectivity index (χ1v) is 15.4. The van der Waals surface area contributed by atoms with Crippen LogP contribution in [0.5, 0.6) is 5.75 Å². The van der Waals surface area contributed by atoms with Gasteiger partial charge in [-0.1, -0.05) is 75.8 Å². The lowest BCUT2D eigenvalue weighted by molar-refractivity contribution is -0.138. The zero-order chi connectivity index (χ0) is 30.4. The highest BCUT2D eigenvalue weighted by molar-refractivity contribution is 9.10. The van der Waals surface area contributed by atoms with Gasteiger partial charge in [0.2, 0.25) is 0 Å². The average Bonchev–Trinajstić information content (AvgIpc) is 3.48. The number of thiazole rings is 1. The van der Waals surface area contributed by atoms with Gasteiger partial charge in [0.15, 0.2) is 4.80 Å². The Bertz CT molecular complexity index is 1990. The van der Waals surface area contributed by atoms with Crippen molar-refractivity contribution < 1.29 is 19.1 Å². The second-order valence-corrected chi connectivity index (χ2v) is 12.2. The van der Waals surface area contributed by atoms with E-state index in [9.17, 15) is 14.4 Å². The number of ether oxygens (including phenoxy) is 2. The van der Waals surface area contributed by atoms with Crippen molar-refractivity contribution in [3.63, 3.8) is 0 Å². The average molecular weight is 659 g/mol. The van der Waals surface area contributed by atoms with E-state index in [1.807, 2.05) is 80.6 Å². The van der Waals surface area contributed by atoms with Crippen LogP contribution in [0, 0.1) is 0 Å². The summed E-state index contributed by atoms with van der Waals surface area (Å²) in [6, 6.07) is 21.2. The van der Waals surface area contributed by atoms with Crippen LogP contribution in [-0.2, 0) is 14.3 Å². The molecule has 2 aliphatic rings. The SMILES string of the molecule is CCOC(=O)C1=C(c2ccccc2)N=c2s/c(=C3\C(=O)N(C(C)C)c4ccccc43)c(=O)n2[C@H]1c1cc(Br)ccc1OC. The molecule has 2 aliphatic heterocycles. The highest BCUT2D eigenvalue weighted by atomic mass is 79.9. The molecule has 0 aliphatic carbocycles. The van der Waals surface area contributed by atoms with E-state index < -0.39 is 17.6 Å².